The molecule has 0 saturated heterocycles. The van der Waals surface area contributed by atoms with Crippen LogP contribution in [0.2, 0.25) is 0 Å². The van der Waals surface area contributed by atoms with Gasteiger partial charge in [0.25, 0.3) is 5.91 Å². The number of nitrogens with one attached hydrogen (secondary N) is 1. The molecule has 0 radical (unpaired) electrons. The standard InChI is InChI=1S/C24H27N3O4/c1-4-6-13-27(5-2)22-15-20(24(29)30)19-14-17(9-12-21(19)26-22)25-23(28)16-7-10-18(31-3)11-8-16/h7-12,14-15H,4-6,13H2,1-3H3,(H,25,28)(H,29,30). The molecule has 1 amide bonds. The van der Waals surface area contributed by atoms with Crippen molar-refractivity contribution < 1.29 is 19.4 Å². The molecule has 162 valence electrons. The fourth-order valence-electron chi connectivity index (χ4n) is 3.36. The molecule has 2 N–H and O–H groups in total. The minimum atomic E-state index is -1.03. The molecule has 0 fully saturated rings. The summed E-state index contributed by atoms with van der Waals surface area (Å²) in [4.78, 5) is 31.3. The van der Waals surface area contributed by atoms with Gasteiger partial charge in [0.05, 0.1) is 18.2 Å². The van der Waals surface area contributed by atoms with Gasteiger partial charge in [-0.1, -0.05) is 13.3 Å². The molecule has 3 aromatic rings. The van der Waals surface area contributed by atoms with Crippen LogP contribution < -0.4 is 15.0 Å². The normalized spacial score (nSPS) is 10.7. The van der Waals surface area contributed by atoms with E-state index in [2.05, 4.69) is 22.1 Å². The number of amides is 1. The number of fused-ring (bicyclic) bond motifs is 1. The van der Waals surface area contributed by atoms with E-state index in [-0.39, 0.29) is 11.5 Å². The van der Waals surface area contributed by atoms with Crippen LogP contribution in [0, 0.1) is 0 Å². The average Bonchev–Trinajstić information content (AvgIpc) is 2.79. The monoisotopic (exact) mass is 421 g/mol. The smallest absolute Gasteiger partial charge is 0.336 e. The molecule has 0 unspecified atom stereocenters. The Morgan fingerprint density at radius 1 is 1.10 bits per heavy atom. The summed E-state index contributed by atoms with van der Waals surface area (Å²) in [7, 11) is 1.56. The number of hydrogen-bond acceptors (Lipinski definition) is 5. The molecule has 2 aromatic carbocycles. The highest BCUT2D eigenvalue weighted by Crippen LogP contribution is 2.27. The predicted octanol–water partition coefficient (Wildman–Crippen LogP) is 4.82. The van der Waals surface area contributed by atoms with Crippen molar-refractivity contribution in [3.8, 4) is 5.75 Å². The second-order valence-electron chi connectivity index (χ2n) is 7.18. The number of aromatic nitrogens is 1. The highest BCUT2D eigenvalue weighted by molar-refractivity contribution is 6.08. The number of hydrogen-bond donors (Lipinski definition) is 2. The van der Waals surface area contributed by atoms with Crippen molar-refractivity contribution in [2.75, 3.05) is 30.4 Å². The molecule has 0 bridgehead atoms. The van der Waals surface area contributed by atoms with Crippen molar-refractivity contribution in [3.63, 3.8) is 0 Å². The molecule has 0 aliphatic carbocycles. The maximum absolute atomic E-state index is 12.6. The van der Waals surface area contributed by atoms with Gasteiger partial charge in [-0.3, -0.25) is 4.79 Å². The van der Waals surface area contributed by atoms with Crippen molar-refractivity contribution in [3.05, 3.63) is 59.7 Å². The zero-order valence-corrected chi connectivity index (χ0v) is 18.0. The number of ether oxygens (including phenoxy) is 1. The van der Waals surface area contributed by atoms with Crippen molar-refractivity contribution >= 4 is 34.3 Å². The number of pyridine rings is 1. The van der Waals surface area contributed by atoms with Gasteiger partial charge in [0.2, 0.25) is 0 Å². The average molecular weight is 421 g/mol. The lowest BCUT2D eigenvalue weighted by molar-refractivity contribution is 0.0698. The van der Waals surface area contributed by atoms with Gasteiger partial charge >= 0.3 is 5.97 Å². The highest BCUT2D eigenvalue weighted by Gasteiger charge is 2.16. The Hall–Kier alpha value is -3.61. The number of nitrogens with zero attached hydrogens (tertiary/aromatic N) is 2. The summed E-state index contributed by atoms with van der Waals surface area (Å²) in [5.74, 6) is -0.00910. The van der Waals surface area contributed by atoms with Crippen LogP contribution >= 0.6 is 0 Å². The number of carbonyl (C=O) groups excluding carboxylic acids is 1. The Balaban J connectivity index is 1.93. The molecule has 0 aliphatic heterocycles. The van der Waals surface area contributed by atoms with E-state index in [4.69, 9.17) is 4.74 Å². The lowest BCUT2D eigenvalue weighted by Gasteiger charge is -2.22. The Morgan fingerprint density at radius 3 is 2.45 bits per heavy atom. The number of aromatic carboxylic acids is 1. The summed E-state index contributed by atoms with van der Waals surface area (Å²) >= 11 is 0. The Morgan fingerprint density at radius 2 is 1.84 bits per heavy atom. The zero-order valence-electron chi connectivity index (χ0n) is 18.0. The number of rotatable bonds is 9. The summed E-state index contributed by atoms with van der Waals surface area (Å²) in [5, 5.41) is 13.1. The van der Waals surface area contributed by atoms with Crippen LogP contribution in [0.1, 0.15) is 47.4 Å². The number of carbonyl (C=O) groups is 2. The van der Waals surface area contributed by atoms with Crippen molar-refractivity contribution in [1.29, 1.82) is 0 Å². The minimum Gasteiger partial charge on any atom is -0.497 e. The van der Waals surface area contributed by atoms with Gasteiger partial charge in [-0.05, 0) is 61.9 Å². The molecule has 31 heavy (non-hydrogen) atoms. The lowest BCUT2D eigenvalue weighted by atomic mass is 10.1. The van der Waals surface area contributed by atoms with E-state index >= 15 is 0 Å². The number of benzene rings is 2. The van der Waals surface area contributed by atoms with E-state index in [9.17, 15) is 14.7 Å². The second-order valence-corrected chi connectivity index (χ2v) is 7.18. The van der Waals surface area contributed by atoms with E-state index in [1.807, 2.05) is 6.92 Å². The van der Waals surface area contributed by atoms with Crippen molar-refractivity contribution in [2.24, 2.45) is 0 Å². The zero-order chi connectivity index (χ0) is 22.4. The first-order valence-electron chi connectivity index (χ1n) is 10.3. The first-order valence-corrected chi connectivity index (χ1v) is 10.3. The van der Waals surface area contributed by atoms with E-state index in [0.29, 0.717) is 33.7 Å². The third-order valence-corrected chi connectivity index (χ3v) is 5.12. The van der Waals surface area contributed by atoms with Gasteiger partial charge in [0, 0.05) is 29.7 Å². The van der Waals surface area contributed by atoms with Gasteiger partial charge in [0.1, 0.15) is 11.6 Å². The van der Waals surface area contributed by atoms with Crippen molar-refractivity contribution in [1.82, 2.24) is 4.98 Å². The van der Waals surface area contributed by atoms with Crippen LogP contribution in [0.15, 0.2) is 48.5 Å². The van der Waals surface area contributed by atoms with Crippen molar-refractivity contribution in [2.45, 2.75) is 26.7 Å². The van der Waals surface area contributed by atoms with Gasteiger partial charge in [-0.25, -0.2) is 9.78 Å². The molecule has 7 nitrogen and oxygen atoms in total. The largest absolute Gasteiger partial charge is 0.497 e. The van der Waals surface area contributed by atoms with Crippen LogP contribution in [0.3, 0.4) is 0 Å². The molecule has 1 aromatic heterocycles. The number of anilines is 2. The summed E-state index contributed by atoms with van der Waals surface area (Å²) < 4.78 is 5.11. The lowest BCUT2D eigenvalue weighted by Crippen LogP contribution is -2.25. The number of methoxy groups -OCH3 is 1. The number of carboxylic acids is 1. The Kier molecular flexibility index (Phi) is 7.07. The molecule has 7 heteroatoms. The minimum absolute atomic E-state index is 0.162. The molecule has 0 aliphatic rings. The van der Waals surface area contributed by atoms with Gasteiger partial charge in [-0.2, -0.15) is 0 Å². The van der Waals surface area contributed by atoms with Gasteiger partial charge in [-0.15, -0.1) is 0 Å². The van der Waals surface area contributed by atoms with E-state index < -0.39 is 5.97 Å². The maximum atomic E-state index is 12.6. The topological polar surface area (TPSA) is 91.8 Å². The van der Waals surface area contributed by atoms with Crippen LogP contribution in [0.25, 0.3) is 10.9 Å². The van der Waals surface area contributed by atoms with Crippen LogP contribution in [-0.2, 0) is 0 Å². The quantitative estimate of drug-likeness (QED) is 0.515. The molecule has 0 spiro atoms. The van der Waals surface area contributed by atoms with Crippen LogP contribution in [0.5, 0.6) is 5.75 Å². The maximum Gasteiger partial charge on any atom is 0.336 e. The SMILES string of the molecule is CCCCN(CC)c1cc(C(=O)O)c2cc(NC(=O)c3ccc(OC)cc3)ccc2n1. The summed E-state index contributed by atoms with van der Waals surface area (Å²) in [5.41, 5.74) is 1.72. The van der Waals surface area contributed by atoms with Crippen LogP contribution in [0.4, 0.5) is 11.5 Å². The number of carboxylic acid groups (broad SMARTS) is 1. The Labute approximate surface area is 181 Å². The first-order chi connectivity index (χ1) is 15.0. The third kappa shape index (κ3) is 5.12. The fraction of sp³-hybridized carbons (Fsp3) is 0.292. The summed E-state index contributed by atoms with van der Waals surface area (Å²) in [6, 6.07) is 13.5. The van der Waals surface area contributed by atoms with E-state index in [1.165, 1.54) is 0 Å². The molecule has 3 rings (SSSR count). The summed E-state index contributed by atoms with van der Waals surface area (Å²) in [6.45, 7) is 5.71. The fourth-order valence-corrected chi connectivity index (χ4v) is 3.36. The molecule has 0 saturated carbocycles. The third-order valence-electron chi connectivity index (χ3n) is 5.12. The summed E-state index contributed by atoms with van der Waals surface area (Å²) in [6.07, 6.45) is 2.05. The predicted molar refractivity (Wildman–Crippen MR) is 122 cm³/mol. The van der Waals surface area contributed by atoms with Crippen LogP contribution in [-0.4, -0.2) is 42.2 Å². The molecular weight excluding hydrogens is 394 g/mol. The van der Waals surface area contributed by atoms with E-state index in [1.54, 1.807) is 55.6 Å². The Bertz CT molecular complexity index is 1080. The second kappa shape index (κ2) is 9.93. The number of unbranched alkanes of at least 4 members (excludes halogenated alkanes) is 1. The van der Waals surface area contributed by atoms with Gasteiger partial charge in [0.15, 0.2) is 0 Å². The molecule has 0 atom stereocenters. The first kappa shape index (κ1) is 22.1. The highest BCUT2D eigenvalue weighted by atomic mass is 16.5. The molecular formula is C24H27N3O4. The van der Waals surface area contributed by atoms with E-state index in [0.717, 1.165) is 25.9 Å². The molecule has 1 heterocycles. The van der Waals surface area contributed by atoms with Gasteiger partial charge < -0.3 is 20.1 Å².